The molecule has 0 fully saturated rings. The molecule has 0 aromatic heterocycles. The van der Waals surface area contributed by atoms with Crippen LogP contribution in [0.25, 0.3) is 0 Å². The number of methoxy groups -OCH3 is 1. The summed E-state index contributed by atoms with van der Waals surface area (Å²) in [5.41, 5.74) is 1.98. The molecule has 0 saturated carbocycles. The van der Waals surface area contributed by atoms with Gasteiger partial charge in [-0.25, -0.2) is 0 Å². The molecule has 2 rings (SSSR count). The molecule has 94 valence electrons. The number of hydrogen-bond donors (Lipinski definition) is 1. The first kappa shape index (κ1) is 13.1. The van der Waals surface area contributed by atoms with E-state index in [0.29, 0.717) is 16.6 Å². The average molecular weight is 282 g/mol. The van der Waals surface area contributed by atoms with E-state index in [1.54, 1.807) is 19.2 Å². The lowest BCUT2D eigenvalue weighted by Crippen LogP contribution is -2.00. The fourth-order valence-corrected chi connectivity index (χ4v) is 1.96. The monoisotopic (exact) mass is 281 g/mol. The summed E-state index contributed by atoms with van der Waals surface area (Å²) in [4.78, 5) is 0. The minimum absolute atomic E-state index is 0.631. The van der Waals surface area contributed by atoms with E-state index in [0.717, 1.165) is 17.0 Å². The number of rotatable bonds is 4. The van der Waals surface area contributed by atoms with Crippen molar-refractivity contribution in [2.75, 3.05) is 12.4 Å². The molecule has 0 aliphatic carbocycles. The van der Waals surface area contributed by atoms with E-state index in [1.807, 2.05) is 30.3 Å². The third-order valence-corrected chi connectivity index (χ3v) is 3.18. The van der Waals surface area contributed by atoms with Crippen molar-refractivity contribution < 1.29 is 4.74 Å². The van der Waals surface area contributed by atoms with Crippen molar-refractivity contribution in [1.82, 2.24) is 0 Å². The van der Waals surface area contributed by atoms with Gasteiger partial charge in [0.1, 0.15) is 5.75 Å². The van der Waals surface area contributed by atoms with Gasteiger partial charge in [-0.2, -0.15) is 0 Å². The molecule has 2 nitrogen and oxygen atoms in total. The van der Waals surface area contributed by atoms with Crippen molar-refractivity contribution in [2.45, 2.75) is 6.54 Å². The van der Waals surface area contributed by atoms with Gasteiger partial charge in [0, 0.05) is 22.3 Å². The van der Waals surface area contributed by atoms with Crippen LogP contribution in [-0.2, 0) is 6.54 Å². The highest BCUT2D eigenvalue weighted by Crippen LogP contribution is 2.22. The number of nitrogens with one attached hydrogen (secondary N) is 1. The summed E-state index contributed by atoms with van der Waals surface area (Å²) >= 11 is 12.0. The summed E-state index contributed by atoms with van der Waals surface area (Å²) in [7, 11) is 1.65. The summed E-state index contributed by atoms with van der Waals surface area (Å²) in [5, 5.41) is 4.68. The summed E-state index contributed by atoms with van der Waals surface area (Å²) in [5.74, 6) is 0.835. The summed E-state index contributed by atoms with van der Waals surface area (Å²) in [6, 6.07) is 13.2. The Morgan fingerprint density at radius 1 is 1.06 bits per heavy atom. The molecular formula is C14H13Cl2NO. The zero-order valence-corrected chi connectivity index (χ0v) is 11.4. The SMILES string of the molecule is COc1ccc(NCc2cc(Cl)ccc2Cl)cc1. The molecule has 2 aromatic rings. The molecule has 0 spiro atoms. The normalized spacial score (nSPS) is 10.2. The fraction of sp³-hybridized carbons (Fsp3) is 0.143. The first-order chi connectivity index (χ1) is 8.69. The van der Waals surface area contributed by atoms with Crippen molar-refractivity contribution in [3.05, 3.63) is 58.1 Å². The van der Waals surface area contributed by atoms with Crippen LogP contribution in [-0.4, -0.2) is 7.11 Å². The summed E-state index contributed by atoms with van der Waals surface area (Å²) in [6.07, 6.45) is 0. The number of halogens is 2. The molecule has 0 unspecified atom stereocenters. The van der Waals surface area contributed by atoms with Crippen LogP contribution in [0.15, 0.2) is 42.5 Å². The first-order valence-electron chi connectivity index (χ1n) is 5.51. The van der Waals surface area contributed by atoms with E-state index in [1.165, 1.54) is 0 Å². The van der Waals surface area contributed by atoms with Crippen LogP contribution < -0.4 is 10.1 Å². The predicted molar refractivity (Wildman–Crippen MR) is 76.8 cm³/mol. The smallest absolute Gasteiger partial charge is 0.119 e. The van der Waals surface area contributed by atoms with Crippen LogP contribution in [0.1, 0.15) is 5.56 Å². The molecule has 18 heavy (non-hydrogen) atoms. The number of hydrogen-bond acceptors (Lipinski definition) is 2. The lowest BCUT2D eigenvalue weighted by Gasteiger charge is -2.09. The van der Waals surface area contributed by atoms with Crippen molar-refractivity contribution in [1.29, 1.82) is 0 Å². The Kier molecular flexibility index (Phi) is 4.34. The van der Waals surface area contributed by atoms with Gasteiger partial charge < -0.3 is 10.1 Å². The highest BCUT2D eigenvalue weighted by molar-refractivity contribution is 6.33. The van der Waals surface area contributed by atoms with Crippen LogP contribution in [0, 0.1) is 0 Å². The van der Waals surface area contributed by atoms with E-state index in [2.05, 4.69) is 5.32 Å². The molecule has 1 N–H and O–H groups in total. The lowest BCUT2D eigenvalue weighted by molar-refractivity contribution is 0.415. The number of ether oxygens (including phenoxy) is 1. The van der Waals surface area contributed by atoms with Crippen LogP contribution >= 0.6 is 23.2 Å². The van der Waals surface area contributed by atoms with Crippen LogP contribution in [0.5, 0.6) is 5.75 Å². The molecule has 0 bridgehead atoms. The minimum atomic E-state index is 0.631. The number of benzene rings is 2. The van der Waals surface area contributed by atoms with Crippen LogP contribution in [0.2, 0.25) is 10.0 Å². The molecular weight excluding hydrogens is 269 g/mol. The van der Waals surface area contributed by atoms with Gasteiger partial charge in [-0.05, 0) is 48.0 Å². The van der Waals surface area contributed by atoms with E-state index in [4.69, 9.17) is 27.9 Å². The third-order valence-electron chi connectivity index (χ3n) is 2.58. The van der Waals surface area contributed by atoms with Gasteiger partial charge in [-0.15, -0.1) is 0 Å². The predicted octanol–water partition coefficient (Wildman–Crippen LogP) is 4.61. The van der Waals surface area contributed by atoms with Crippen molar-refractivity contribution in [3.8, 4) is 5.75 Å². The Hall–Kier alpha value is -1.38. The Morgan fingerprint density at radius 3 is 2.44 bits per heavy atom. The lowest BCUT2D eigenvalue weighted by atomic mass is 10.2. The van der Waals surface area contributed by atoms with Gasteiger partial charge in [0.15, 0.2) is 0 Å². The Morgan fingerprint density at radius 2 is 1.78 bits per heavy atom. The second-order valence-electron chi connectivity index (χ2n) is 3.82. The Labute approximate surface area is 116 Å². The molecule has 0 heterocycles. The second-order valence-corrected chi connectivity index (χ2v) is 4.66. The molecule has 0 atom stereocenters. The zero-order chi connectivity index (χ0) is 13.0. The van der Waals surface area contributed by atoms with Crippen molar-refractivity contribution >= 4 is 28.9 Å². The topological polar surface area (TPSA) is 21.3 Å². The molecule has 0 radical (unpaired) electrons. The molecule has 0 amide bonds. The fourth-order valence-electron chi connectivity index (χ4n) is 1.58. The highest BCUT2D eigenvalue weighted by atomic mass is 35.5. The molecule has 0 saturated heterocycles. The zero-order valence-electron chi connectivity index (χ0n) is 9.91. The highest BCUT2D eigenvalue weighted by Gasteiger charge is 2.01. The number of anilines is 1. The Balaban J connectivity index is 2.04. The summed E-state index contributed by atoms with van der Waals surface area (Å²) in [6.45, 7) is 0.631. The molecule has 0 aliphatic heterocycles. The standard InChI is InChI=1S/C14H13Cl2NO/c1-18-13-5-3-12(4-6-13)17-9-10-8-11(15)2-7-14(10)16/h2-8,17H,9H2,1H3. The third kappa shape index (κ3) is 3.31. The van der Waals surface area contributed by atoms with Crippen molar-refractivity contribution in [2.24, 2.45) is 0 Å². The van der Waals surface area contributed by atoms with Gasteiger partial charge in [0.25, 0.3) is 0 Å². The largest absolute Gasteiger partial charge is 0.497 e. The van der Waals surface area contributed by atoms with E-state index >= 15 is 0 Å². The van der Waals surface area contributed by atoms with Crippen LogP contribution in [0.4, 0.5) is 5.69 Å². The van der Waals surface area contributed by atoms with Gasteiger partial charge >= 0.3 is 0 Å². The second kappa shape index (κ2) is 5.98. The average Bonchev–Trinajstić information content (AvgIpc) is 2.40. The molecule has 0 aliphatic rings. The van der Waals surface area contributed by atoms with E-state index < -0.39 is 0 Å². The minimum Gasteiger partial charge on any atom is -0.497 e. The van der Waals surface area contributed by atoms with Gasteiger partial charge in [0.2, 0.25) is 0 Å². The maximum absolute atomic E-state index is 6.09. The van der Waals surface area contributed by atoms with Crippen molar-refractivity contribution in [3.63, 3.8) is 0 Å². The van der Waals surface area contributed by atoms with E-state index in [-0.39, 0.29) is 0 Å². The maximum atomic E-state index is 6.09. The quantitative estimate of drug-likeness (QED) is 0.883. The van der Waals surface area contributed by atoms with Crippen LogP contribution in [0.3, 0.4) is 0 Å². The van der Waals surface area contributed by atoms with Gasteiger partial charge in [-0.3, -0.25) is 0 Å². The first-order valence-corrected chi connectivity index (χ1v) is 6.26. The van der Waals surface area contributed by atoms with E-state index in [9.17, 15) is 0 Å². The summed E-state index contributed by atoms with van der Waals surface area (Å²) < 4.78 is 5.10. The maximum Gasteiger partial charge on any atom is 0.119 e. The Bertz CT molecular complexity index is 526. The molecule has 2 aromatic carbocycles. The molecule has 4 heteroatoms. The van der Waals surface area contributed by atoms with Gasteiger partial charge in [-0.1, -0.05) is 23.2 Å². The van der Waals surface area contributed by atoms with Gasteiger partial charge in [0.05, 0.1) is 7.11 Å².